The molecular weight excluding hydrogens is 332 g/mol. The molecule has 0 aliphatic carbocycles. The largest absolute Gasteiger partial charge is 0.497 e. The number of hydrogen-bond acceptors (Lipinski definition) is 5. The number of ether oxygens (including phenoxy) is 3. The van der Waals surface area contributed by atoms with Crippen LogP contribution in [0.5, 0.6) is 11.5 Å². The number of rotatable bonds is 6. The highest BCUT2D eigenvalue weighted by atomic mass is 35.5. The van der Waals surface area contributed by atoms with Gasteiger partial charge in [0.25, 0.3) is 0 Å². The van der Waals surface area contributed by atoms with Gasteiger partial charge in [-0.1, -0.05) is 11.6 Å². The molecule has 2 aromatic rings. The Hall–Kier alpha value is -2.53. The molecular formula is C18H17ClO5. The summed E-state index contributed by atoms with van der Waals surface area (Å²) in [4.78, 5) is 24.6. The van der Waals surface area contributed by atoms with Crippen molar-refractivity contribution < 1.29 is 23.8 Å². The molecule has 2 aromatic carbocycles. The normalized spacial score (nSPS) is 11.5. The maximum absolute atomic E-state index is 12.4. The fourth-order valence-electron chi connectivity index (χ4n) is 2.11. The second kappa shape index (κ2) is 7.84. The monoisotopic (exact) mass is 348 g/mol. The fraction of sp³-hybridized carbons (Fsp3) is 0.222. The van der Waals surface area contributed by atoms with E-state index in [1.165, 1.54) is 20.1 Å². The third-order valence-corrected chi connectivity index (χ3v) is 3.64. The molecule has 1 atom stereocenters. The van der Waals surface area contributed by atoms with Crippen LogP contribution in [0, 0.1) is 0 Å². The molecule has 5 nitrogen and oxygen atoms in total. The Morgan fingerprint density at radius 2 is 1.67 bits per heavy atom. The van der Waals surface area contributed by atoms with Gasteiger partial charge in [0.1, 0.15) is 17.1 Å². The lowest BCUT2D eigenvalue weighted by Crippen LogP contribution is -2.24. The summed E-state index contributed by atoms with van der Waals surface area (Å²) in [5.74, 6) is -0.0240. The zero-order chi connectivity index (χ0) is 17.7. The van der Waals surface area contributed by atoms with E-state index in [-0.39, 0.29) is 11.3 Å². The number of esters is 1. The Morgan fingerprint density at radius 3 is 2.25 bits per heavy atom. The predicted molar refractivity (Wildman–Crippen MR) is 90.2 cm³/mol. The van der Waals surface area contributed by atoms with Gasteiger partial charge in [-0.05, 0) is 49.4 Å². The number of halogens is 1. The van der Waals surface area contributed by atoms with Crippen molar-refractivity contribution in [3.63, 3.8) is 0 Å². The summed E-state index contributed by atoms with van der Waals surface area (Å²) in [6.07, 6.45) is -0.949. The Balaban J connectivity index is 2.13. The van der Waals surface area contributed by atoms with Gasteiger partial charge in [0.15, 0.2) is 6.10 Å². The van der Waals surface area contributed by atoms with Crippen LogP contribution in [0.2, 0.25) is 5.02 Å². The molecule has 0 aliphatic heterocycles. The highest BCUT2D eigenvalue weighted by Crippen LogP contribution is 2.24. The Labute approximate surface area is 145 Å². The molecule has 0 radical (unpaired) electrons. The molecule has 0 N–H and O–H groups in total. The van der Waals surface area contributed by atoms with E-state index in [1.807, 2.05) is 0 Å². The van der Waals surface area contributed by atoms with E-state index >= 15 is 0 Å². The standard InChI is InChI=1S/C18H17ClO5/c1-11(17(20)12-4-7-14(22-2)8-5-12)24-18(21)15-10-13(19)6-9-16(15)23-3/h4-11H,1-3H3/t11-/m1/s1. The summed E-state index contributed by atoms with van der Waals surface area (Å²) < 4.78 is 15.4. The molecule has 0 spiro atoms. The molecule has 2 rings (SSSR count). The molecule has 0 unspecified atom stereocenters. The minimum atomic E-state index is -0.949. The van der Waals surface area contributed by atoms with Gasteiger partial charge < -0.3 is 14.2 Å². The summed E-state index contributed by atoms with van der Waals surface area (Å²) in [5, 5.41) is 0.372. The van der Waals surface area contributed by atoms with E-state index in [2.05, 4.69) is 0 Å². The molecule has 0 bridgehead atoms. The lowest BCUT2D eigenvalue weighted by atomic mass is 10.1. The number of methoxy groups -OCH3 is 2. The topological polar surface area (TPSA) is 61.8 Å². The molecule has 0 saturated carbocycles. The van der Waals surface area contributed by atoms with Crippen molar-refractivity contribution in [2.45, 2.75) is 13.0 Å². The third-order valence-electron chi connectivity index (χ3n) is 3.41. The van der Waals surface area contributed by atoms with Crippen LogP contribution in [0.15, 0.2) is 42.5 Å². The first-order valence-corrected chi connectivity index (χ1v) is 7.57. The first-order valence-electron chi connectivity index (χ1n) is 7.19. The number of benzene rings is 2. The van der Waals surface area contributed by atoms with Crippen LogP contribution >= 0.6 is 11.6 Å². The SMILES string of the molecule is COc1ccc(C(=O)[C@@H](C)OC(=O)c2cc(Cl)ccc2OC)cc1. The van der Waals surface area contributed by atoms with Crippen LogP contribution in [-0.4, -0.2) is 32.1 Å². The highest BCUT2D eigenvalue weighted by molar-refractivity contribution is 6.31. The number of hydrogen-bond donors (Lipinski definition) is 0. The first kappa shape index (κ1) is 17.8. The van der Waals surface area contributed by atoms with Crippen LogP contribution in [0.4, 0.5) is 0 Å². The summed E-state index contributed by atoms with van der Waals surface area (Å²) >= 11 is 5.90. The van der Waals surface area contributed by atoms with Crippen molar-refractivity contribution in [3.8, 4) is 11.5 Å². The van der Waals surface area contributed by atoms with E-state index in [1.54, 1.807) is 43.5 Å². The number of Topliss-reactive ketones (excluding diaryl/α,β-unsaturated/α-hetero) is 1. The van der Waals surface area contributed by atoms with Crippen molar-refractivity contribution in [1.82, 2.24) is 0 Å². The van der Waals surface area contributed by atoms with Gasteiger partial charge in [-0.2, -0.15) is 0 Å². The van der Waals surface area contributed by atoms with Gasteiger partial charge in [-0.15, -0.1) is 0 Å². The molecule has 24 heavy (non-hydrogen) atoms. The van der Waals surface area contributed by atoms with Crippen molar-refractivity contribution >= 4 is 23.4 Å². The second-order valence-electron chi connectivity index (χ2n) is 4.98. The summed E-state index contributed by atoms with van der Waals surface area (Å²) in [7, 11) is 2.98. The van der Waals surface area contributed by atoms with Crippen molar-refractivity contribution in [2.75, 3.05) is 14.2 Å². The zero-order valence-electron chi connectivity index (χ0n) is 13.5. The summed E-state index contributed by atoms with van der Waals surface area (Å²) in [6.45, 7) is 1.52. The average Bonchev–Trinajstić information content (AvgIpc) is 2.61. The summed E-state index contributed by atoms with van der Waals surface area (Å²) in [5.41, 5.74) is 0.591. The summed E-state index contributed by atoms with van der Waals surface area (Å²) in [6, 6.07) is 11.2. The third kappa shape index (κ3) is 4.06. The minimum absolute atomic E-state index is 0.166. The van der Waals surface area contributed by atoms with Crippen LogP contribution in [0.3, 0.4) is 0 Å². The first-order chi connectivity index (χ1) is 11.5. The van der Waals surface area contributed by atoms with Crippen molar-refractivity contribution in [3.05, 3.63) is 58.6 Å². The molecule has 6 heteroatoms. The molecule has 0 fully saturated rings. The number of ketones is 1. The molecule has 0 heterocycles. The van der Waals surface area contributed by atoms with Gasteiger partial charge in [-0.25, -0.2) is 4.79 Å². The lowest BCUT2D eigenvalue weighted by Gasteiger charge is -2.14. The van der Waals surface area contributed by atoms with E-state index in [4.69, 9.17) is 25.8 Å². The van der Waals surface area contributed by atoms with Gasteiger partial charge in [-0.3, -0.25) is 4.79 Å². The average molecular weight is 349 g/mol. The van der Waals surface area contributed by atoms with Crippen LogP contribution < -0.4 is 9.47 Å². The Kier molecular flexibility index (Phi) is 5.82. The zero-order valence-corrected chi connectivity index (χ0v) is 14.3. The maximum Gasteiger partial charge on any atom is 0.342 e. The number of carbonyl (C=O) groups is 2. The fourth-order valence-corrected chi connectivity index (χ4v) is 2.28. The van der Waals surface area contributed by atoms with E-state index < -0.39 is 12.1 Å². The minimum Gasteiger partial charge on any atom is -0.497 e. The predicted octanol–water partition coefficient (Wildman–Crippen LogP) is 3.79. The van der Waals surface area contributed by atoms with Gasteiger partial charge >= 0.3 is 5.97 Å². The lowest BCUT2D eigenvalue weighted by molar-refractivity contribution is 0.0316. The molecule has 0 aromatic heterocycles. The van der Waals surface area contributed by atoms with E-state index in [9.17, 15) is 9.59 Å². The second-order valence-corrected chi connectivity index (χ2v) is 5.42. The molecule has 0 aliphatic rings. The van der Waals surface area contributed by atoms with Crippen molar-refractivity contribution in [1.29, 1.82) is 0 Å². The maximum atomic E-state index is 12.4. The van der Waals surface area contributed by atoms with Crippen LogP contribution in [0.1, 0.15) is 27.6 Å². The van der Waals surface area contributed by atoms with Crippen LogP contribution in [-0.2, 0) is 4.74 Å². The molecule has 0 saturated heterocycles. The van der Waals surface area contributed by atoms with Gasteiger partial charge in [0.05, 0.1) is 14.2 Å². The number of carbonyl (C=O) groups excluding carboxylic acids is 2. The highest BCUT2D eigenvalue weighted by Gasteiger charge is 2.22. The molecule has 126 valence electrons. The van der Waals surface area contributed by atoms with E-state index in [0.29, 0.717) is 22.1 Å². The Bertz CT molecular complexity index is 740. The smallest absolute Gasteiger partial charge is 0.342 e. The van der Waals surface area contributed by atoms with Crippen molar-refractivity contribution in [2.24, 2.45) is 0 Å². The van der Waals surface area contributed by atoms with E-state index in [0.717, 1.165) is 0 Å². The molecule has 0 amide bonds. The Morgan fingerprint density at radius 1 is 1.00 bits per heavy atom. The quantitative estimate of drug-likeness (QED) is 0.587. The van der Waals surface area contributed by atoms with Crippen LogP contribution in [0.25, 0.3) is 0 Å². The van der Waals surface area contributed by atoms with Gasteiger partial charge in [0.2, 0.25) is 5.78 Å². The van der Waals surface area contributed by atoms with Gasteiger partial charge in [0, 0.05) is 10.6 Å².